The van der Waals surface area contributed by atoms with Gasteiger partial charge in [-0.1, -0.05) is 24.3 Å². The Labute approximate surface area is 126 Å². The average Bonchev–Trinajstić information content (AvgIpc) is 3.01. The van der Waals surface area contributed by atoms with Gasteiger partial charge >= 0.3 is 0 Å². The number of amides is 1. The van der Waals surface area contributed by atoms with E-state index in [-0.39, 0.29) is 5.91 Å². The van der Waals surface area contributed by atoms with E-state index < -0.39 is 0 Å². The molecule has 3 aromatic rings. The Morgan fingerprint density at radius 3 is 2.95 bits per heavy atom. The maximum atomic E-state index is 12.7. The molecule has 0 aliphatic carbocycles. The summed E-state index contributed by atoms with van der Waals surface area (Å²) in [7, 11) is 0. The van der Waals surface area contributed by atoms with E-state index in [1.165, 1.54) is 11.1 Å². The van der Waals surface area contributed by atoms with Gasteiger partial charge in [0.1, 0.15) is 5.69 Å². The smallest absolute Gasteiger partial charge is 0.274 e. The molecule has 106 valence electrons. The minimum absolute atomic E-state index is 0.0302. The first-order valence-electron chi connectivity index (χ1n) is 7.09. The van der Waals surface area contributed by atoms with E-state index in [1.54, 1.807) is 11.3 Å². The highest BCUT2D eigenvalue weighted by atomic mass is 32.1. The molecule has 0 unspecified atom stereocenters. The number of hydrogen-bond acceptors (Lipinski definition) is 3. The van der Waals surface area contributed by atoms with Crippen molar-refractivity contribution in [1.82, 2.24) is 14.3 Å². The highest BCUT2D eigenvalue weighted by Crippen LogP contribution is 2.20. The van der Waals surface area contributed by atoms with Crippen molar-refractivity contribution < 1.29 is 4.79 Å². The van der Waals surface area contributed by atoms with E-state index in [0.29, 0.717) is 12.2 Å². The van der Waals surface area contributed by atoms with E-state index in [2.05, 4.69) is 23.2 Å². The minimum atomic E-state index is 0.0302. The van der Waals surface area contributed by atoms with Crippen molar-refractivity contribution in [2.75, 3.05) is 6.54 Å². The molecular weight excluding hydrogens is 282 g/mol. The van der Waals surface area contributed by atoms with E-state index >= 15 is 0 Å². The van der Waals surface area contributed by atoms with Crippen molar-refractivity contribution in [1.29, 1.82) is 0 Å². The number of aryl methyl sites for hydroxylation is 1. The lowest BCUT2D eigenvalue weighted by Gasteiger charge is -2.19. The second-order valence-electron chi connectivity index (χ2n) is 5.32. The summed E-state index contributed by atoms with van der Waals surface area (Å²) in [6.07, 6.45) is 5.80. The van der Waals surface area contributed by atoms with Crippen LogP contribution >= 0.6 is 11.3 Å². The third-order valence-corrected chi connectivity index (χ3v) is 4.72. The van der Waals surface area contributed by atoms with Crippen LogP contribution in [0.15, 0.2) is 42.0 Å². The zero-order valence-electron chi connectivity index (χ0n) is 11.5. The van der Waals surface area contributed by atoms with Gasteiger partial charge in [-0.25, -0.2) is 4.98 Å². The summed E-state index contributed by atoms with van der Waals surface area (Å²) < 4.78 is 1.91. The molecule has 4 nitrogen and oxygen atoms in total. The molecule has 0 saturated carbocycles. The number of rotatable bonds is 1. The van der Waals surface area contributed by atoms with Crippen LogP contribution in [0.5, 0.6) is 0 Å². The van der Waals surface area contributed by atoms with Gasteiger partial charge in [0.05, 0.1) is 0 Å². The average molecular weight is 297 g/mol. The lowest BCUT2D eigenvalue weighted by Crippen LogP contribution is -2.30. The van der Waals surface area contributed by atoms with Crippen LogP contribution in [0.1, 0.15) is 28.0 Å². The fourth-order valence-corrected chi connectivity index (χ4v) is 3.57. The molecular formula is C16H15N3OS. The molecule has 5 heteroatoms. The van der Waals surface area contributed by atoms with Crippen molar-refractivity contribution >= 4 is 22.2 Å². The summed E-state index contributed by atoms with van der Waals surface area (Å²) in [5, 5.41) is 1.97. The number of imidazole rings is 1. The van der Waals surface area contributed by atoms with Crippen molar-refractivity contribution in [3.8, 4) is 0 Å². The van der Waals surface area contributed by atoms with Crippen molar-refractivity contribution in [3.63, 3.8) is 0 Å². The Balaban J connectivity index is 1.63. The fraction of sp³-hybridized carbons (Fsp3) is 0.250. The third kappa shape index (κ3) is 2.23. The van der Waals surface area contributed by atoms with Gasteiger partial charge in [0, 0.05) is 30.9 Å². The highest BCUT2D eigenvalue weighted by molar-refractivity contribution is 7.15. The van der Waals surface area contributed by atoms with Gasteiger partial charge in [-0.3, -0.25) is 9.20 Å². The van der Waals surface area contributed by atoms with E-state index in [0.717, 1.165) is 24.3 Å². The first-order chi connectivity index (χ1) is 10.3. The monoisotopic (exact) mass is 297 g/mol. The summed E-state index contributed by atoms with van der Waals surface area (Å²) in [6.45, 7) is 1.47. The van der Waals surface area contributed by atoms with Gasteiger partial charge in [-0.05, 0) is 24.0 Å². The number of fused-ring (bicyclic) bond motifs is 2. The number of nitrogens with zero attached hydrogens (tertiary/aromatic N) is 3. The van der Waals surface area contributed by atoms with Gasteiger partial charge in [-0.2, -0.15) is 0 Å². The molecule has 0 radical (unpaired) electrons. The van der Waals surface area contributed by atoms with Gasteiger partial charge < -0.3 is 4.90 Å². The van der Waals surface area contributed by atoms with E-state index in [4.69, 9.17) is 0 Å². The predicted molar refractivity (Wildman–Crippen MR) is 82.6 cm³/mol. The quantitative estimate of drug-likeness (QED) is 0.692. The van der Waals surface area contributed by atoms with Crippen molar-refractivity contribution in [2.45, 2.75) is 19.4 Å². The molecule has 1 aromatic carbocycles. The molecule has 21 heavy (non-hydrogen) atoms. The van der Waals surface area contributed by atoms with Crippen LogP contribution in [-0.4, -0.2) is 26.7 Å². The molecule has 0 bridgehead atoms. The molecule has 1 aliphatic heterocycles. The normalized spacial score (nSPS) is 15.0. The number of hydrogen-bond donors (Lipinski definition) is 0. The minimum Gasteiger partial charge on any atom is -0.333 e. The predicted octanol–water partition coefficient (Wildman–Crippen LogP) is 2.98. The molecule has 3 heterocycles. The Kier molecular flexibility index (Phi) is 3.00. The Morgan fingerprint density at radius 1 is 1.24 bits per heavy atom. The maximum absolute atomic E-state index is 12.7. The van der Waals surface area contributed by atoms with Gasteiger partial charge in [0.25, 0.3) is 5.91 Å². The fourth-order valence-electron chi connectivity index (χ4n) is 2.87. The Morgan fingerprint density at radius 2 is 2.10 bits per heavy atom. The van der Waals surface area contributed by atoms with Crippen LogP contribution in [0.3, 0.4) is 0 Å². The van der Waals surface area contributed by atoms with Crippen LogP contribution in [0.4, 0.5) is 0 Å². The number of benzene rings is 1. The maximum Gasteiger partial charge on any atom is 0.274 e. The largest absolute Gasteiger partial charge is 0.333 e. The molecule has 0 fully saturated rings. The van der Waals surface area contributed by atoms with Gasteiger partial charge in [0.15, 0.2) is 4.96 Å². The number of aromatic nitrogens is 2. The number of carbonyl (C=O) groups excluding carboxylic acids is 1. The summed E-state index contributed by atoms with van der Waals surface area (Å²) in [4.78, 5) is 19.9. The number of thiazole rings is 1. The Hall–Kier alpha value is -2.14. The zero-order chi connectivity index (χ0) is 14.2. The van der Waals surface area contributed by atoms with Crippen LogP contribution in [0.2, 0.25) is 0 Å². The molecule has 0 atom stereocenters. The van der Waals surface area contributed by atoms with Crippen LogP contribution < -0.4 is 0 Å². The Bertz CT molecular complexity index is 776. The summed E-state index contributed by atoms with van der Waals surface area (Å²) in [5.41, 5.74) is 3.16. The lowest BCUT2D eigenvalue weighted by molar-refractivity contribution is 0.0740. The standard InChI is InChI=1S/C16H15N3OS/c20-15(14-11-19-8-9-21-16(19)17-14)18-7-3-6-12-4-1-2-5-13(12)10-18/h1-2,4-5,8-9,11H,3,6-7,10H2. The highest BCUT2D eigenvalue weighted by Gasteiger charge is 2.22. The summed E-state index contributed by atoms with van der Waals surface area (Å²) >= 11 is 1.55. The molecule has 0 spiro atoms. The topological polar surface area (TPSA) is 37.6 Å². The van der Waals surface area contributed by atoms with Crippen molar-refractivity contribution in [2.24, 2.45) is 0 Å². The van der Waals surface area contributed by atoms with Crippen LogP contribution in [-0.2, 0) is 13.0 Å². The summed E-state index contributed by atoms with van der Waals surface area (Å²) in [6, 6.07) is 8.39. The van der Waals surface area contributed by atoms with Gasteiger partial charge in [0.2, 0.25) is 0 Å². The summed E-state index contributed by atoms with van der Waals surface area (Å²) in [5.74, 6) is 0.0302. The molecule has 2 aromatic heterocycles. The number of carbonyl (C=O) groups is 1. The third-order valence-electron chi connectivity index (χ3n) is 3.95. The zero-order valence-corrected chi connectivity index (χ0v) is 12.3. The molecule has 1 amide bonds. The van der Waals surface area contributed by atoms with Crippen molar-refractivity contribution in [3.05, 3.63) is 58.9 Å². The van der Waals surface area contributed by atoms with Gasteiger partial charge in [-0.15, -0.1) is 11.3 Å². The van der Waals surface area contributed by atoms with Crippen LogP contribution in [0, 0.1) is 0 Å². The second kappa shape index (κ2) is 5.00. The SMILES string of the molecule is O=C(c1cn2ccsc2n1)N1CCCc2ccccc2C1. The molecule has 0 N–H and O–H groups in total. The lowest BCUT2D eigenvalue weighted by atomic mass is 10.0. The van der Waals surface area contributed by atoms with E-state index in [1.807, 2.05) is 33.1 Å². The van der Waals surface area contributed by atoms with E-state index in [9.17, 15) is 4.79 Å². The molecule has 1 aliphatic rings. The first kappa shape index (κ1) is 12.6. The second-order valence-corrected chi connectivity index (χ2v) is 6.19. The van der Waals surface area contributed by atoms with Crippen LogP contribution in [0.25, 0.3) is 4.96 Å². The molecule has 0 saturated heterocycles. The molecule has 4 rings (SSSR count). The first-order valence-corrected chi connectivity index (χ1v) is 7.97.